The van der Waals surface area contributed by atoms with Crippen LogP contribution in [0.15, 0.2) is 48.6 Å². The molecule has 0 fully saturated rings. The number of allylic oxidation sites excluding steroid dienone is 8. The third-order valence-corrected chi connectivity index (χ3v) is 12.4. The van der Waals surface area contributed by atoms with Gasteiger partial charge in [0, 0.05) is 6.42 Å². The Morgan fingerprint density at radius 1 is 0.460 bits per heavy atom. The summed E-state index contributed by atoms with van der Waals surface area (Å²) in [6, 6.07) is -0.708. The number of hydrogen-bond acceptors (Lipinski definition) is 5. The fraction of sp³-hybridized carbons (Fsp3) is 0.825. The van der Waals surface area contributed by atoms with Gasteiger partial charge in [0.25, 0.3) is 0 Å². The summed E-state index contributed by atoms with van der Waals surface area (Å²) in [6.45, 7) is 6.44. The smallest absolute Gasteiger partial charge is 0.306 e. The second-order valence-electron chi connectivity index (χ2n) is 18.6. The van der Waals surface area contributed by atoms with Gasteiger partial charge in [-0.3, -0.25) is 9.59 Å². The predicted molar refractivity (Wildman–Crippen MR) is 273 cm³/mol. The highest BCUT2D eigenvalue weighted by Crippen LogP contribution is 2.17. The van der Waals surface area contributed by atoms with E-state index in [4.69, 9.17) is 4.74 Å². The molecular formula is C57H105NO5. The van der Waals surface area contributed by atoms with Crippen molar-refractivity contribution in [2.45, 2.75) is 296 Å². The van der Waals surface area contributed by atoms with Crippen molar-refractivity contribution in [3.8, 4) is 0 Å². The number of carbonyl (C=O) groups is 2. The molecule has 0 aliphatic carbocycles. The highest BCUT2D eigenvalue weighted by atomic mass is 16.5. The van der Waals surface area contributed by atoms with E-state index in [2.05, 4.69) is 74.7 Å². The zero-order chi connectivity index (χ0) is 45.9. The lowest BCUT2D eigenvalue weighted by Gasteiger charge is -2.24. The minimum Gasteiger partial charge on any atom is -0.462 e. The lowest BCUT2D eigenvalue weighted by molar-refractivity contribution is -0.151. The van der Waals surface area contributed by atoms with Crippen molar-refractivity contribution < 1.29 is 24.5 Å². The van der Waals surface area contributed by atoms with Crippen LogP contribution in [0, 0.1) is 0 Å². The zero-order valence-corrected chi connectivity index (χ0v) is 42.0. The maximum Gasteiger partial charge on any atom is 0.306 e. The molecule has 0 spiro atoms. The summed E-state index contributed by atoms with van der Waals surface area (Å²) in [6.07, 6.45) is 61.8. The maximum absolute atomic E-state index is 13.2. The van der Waals surface area contributed by atoms with Crippen molar-refractivity contribution in [1.82, 2.24) is 5.32 Å². The van der Waals surface area contributed by atoms with Crippen molar-refractivity contribution in [3.05, 3.63) is 48.6 Å². The van der Waals surface area contributed by atoms with E-state index in [1.54, 1.807) is 0 Å². The van der Waals surface area contributed by atoms with Gasteiger partial charge in [-0.25, -0.2) is 0 Å². The van der Waals surface area contributed by atoms with Gasteiger partial charge in [0.15, 0.2) is 0 Å². The summed E-state index contributed by atoms with van der Waals surface area (Å²) in [4.78, 5) is 26.2. The van der Waals surface area contributed by atoms with E-state index in [1.807, 2.05) is 0 Å². The van der Waals surface area contributed by atoms with Crippen LogP contribution in [0.5, 0.6) is 0 Å². The Balaban J connectivity index is 4.58. The number of esters is 1. The fourth-order valence-electron chi connectivity index (χ4n) is 8.20. The largest absolute Gasteiger partial charge is 0.462 e. The van der Waals surface area contributed by atoms with E-state index < -0.39 is 18.2 Å². The van der Waals surface area contributed by atoms with Gasteiger partial charge < -0.3 is 20.3 Å². The molecule has 0 aromatic carbocycles. The first-order valence-corrected chi connectivity index (χ1v) is 27.4. The molecule has 3 unspecified atom stereocenters. The SMILES string of the molecule is CCCCC/C=C\C/C=C\C/C=C\CCCCCCCCC(=O)OC(CCCCC/C=C/CCCCCCCCCCC)CC(=O)NC(CO)C(O)CCCCCCCCCCC. The molecule has 3 atom stereocenters. The number of aliphatic hydroxyl groups excluding tert-OH is 2. The molecule has 368 valence electrons. The number of ether oxygens (including phenoxy) is 1. The lowest BCUT2D eigenvalue weighted by atomic mass is 10.0. The van der Waals surface area contributed by atoms with Gasteiger partial charge in [0.05, 0.1) is 25.2 Å². The summed E-state index contributed by atoms with van der Waals surface area (Å²) >= 11 is 0. The van der Waals surface area contributed by atoms with Crippen molar-refractivity contribution in [1.29, 1.82) is 0 Å². The molecule has 0 heterocycles. The van der Waals surface area contributed by atoms with Crippen molar-refractivity contribution in [2.24, 2.45) is 0 Å². The summed E-state index contributed by atoms with van der Waals surface area (Å²) in [5, 5.41) is 23.7. The number of aliphatic hydroxyl groups is 2. The van der Waals surface area contributed by atoms with E-state index in [0.29, 0.717) is 19.3 Å². The van der Waals surface area contributed by atoms with E-state index >= 15 is 0 Å². The number of rotatable bonds is 49. The molecule has 0 saturated carbocycles. The fourth-order valence-corrected chi connectivity index (χ4v) is 8.20. The molecule has 0 aliphatic heterocycles. The molecule has 6 nitrogen and oxygen atoms in total. The maximum atomic E-state index is 13.2. The van der Waals surface area contributed by atoms with Crippen LogP contribution in [-0.2, 0) is 14.3 Å². The highest BCUT2D eigenvalue weighted by molar-refractivity contribution is 5.77. The third kappa shape index (κ3) is 46.2. The van der Waals surface area contributed by atoms with Crippen LogP contribution in [0.2, 0.25) is 0 Å². The average molecular weight is 884 g/mol. The summed E-state index contributed by atoms with van der Waals surface area (Å²) < 4.78 is 5.94. The molecule has 3 N–H and O–H groups in total. The zero-order valence-electron chi connectivity index (χ0n) is 42.0. The number of unbranched alkanes of at least 4 members (excludes halogenated alkanes) is 29. The molecule has 63 heavy (non-hydrogen) atoms. The van der Waals surface area contributed by atoms with Gasteiger partial charge in [0.2, 0.25) is 5.91 Å². The Kier molecular flexibility index (Phi) is 49.1. The lowest BCUT2D eigenvalue weighted by Crippen LogP contribution is -2.46. The molecule has 0 aromatic rings. The first kappa shape index (κ1) is 60.8. The molecular weight excluding hydrogens is 779 g/mol. The normalized spacial score (nSPS) is 13.5. The van der Waals surface area contributed by atoms with E-state index in [1.165, 1.54) is 148 Å². The third-order valence-electron chi connectivity index (χ3n) is 12.4. The minimum absolute atomic E-state index is 0.0624. The van der Waals surface area contributed by atoms with Crippen LogP contribution in [0.4, 0.5) is 0 Å². The first-order chi connectivity index (χ1) is 31.0. The van der Waals surface area contributed by atoms with Gasteiger partial charge in [-0.1, -0.05) is 223 Å². The number of hydrogen-bond donors (Lipinski definition) is 3. The Morgan fingerprint density at radius 2 is 0.810 bits per heavy atom. The van der Waals surface area contributed by atoms with Crippen LogP contribution in [0.25, 0.3) is 0 Å². The van der Waals surface area contributed by atoms with Crippen LogP contribution >= 0.6 is 0 Å². The molecule has 6 heteroatoms. The topological polar surface area (TPSA) is 95.9 Å². The summed E-state index contributed by atoms with van der Waals surface area (Å²) in [5.41, 5.74) is 0. The molecule has 0 saturated heterocycles. The Labute approximate surface area is 391 Å². The molecule has 0 aromatic heterocycles. The number of amides is 1. The molecule has 0 bridgehead atoms. The van der Waals surface area contributed by atoms with Gasteiger partial charge >= 0.3 is 5.97 Å². The standard InChI is InChI=1S/C57H105NO5/c1-4-7-10-13-16-19-21-23-25-27-28-29-31-33-35-38-41-44-47-50-57(62)63-53(48-45-42-39-37-34-32-30-26-24-22-20-17-14-11-8-5-2)51-56(61)58-54(52-59)55(60)49-46-43-40-36-18-15-12-9-6-3/h16,19,23,25,28-29,32,34,53-55,59-60H,4-15,17-18,20-22,24,26-27,30-31,33,35-52H2,1-3H3,(H,58,61)/b19-16-,25-23-,29-28-,34-32+. The van der Waals surface area contributed by atoms with Gasteiger partial charge in [-0.05, 0) is 89.9 Å². The first-order valence-electron chi connectivity index (χ1n) is 27.4. The quantitative estimate of drug-likeness (QED) is 0.0321. The molecule has 1 amide bonds. The summed E-state index contributed by atoms with van der Waals surface area (Å²) in [5.74, 6) is -0.497. The van der Waals surface area contributed by atoms with Crippen LogP contribution < -0.4 is 5.32 Å². The van der Waals surface area contributed by atoms with Crippen LogP contribution in [-0.4, -0.2) is 46.9 Å². The van der Waals surface area contributed by atoms with Crippen molar-refractivity contribution >= 4 is 11.9 Å². The second-order valence-corrected chi connectivity index (χ2v) is 18.6. The van der Waals surface area contributed by atoms with Crippen LogP contribution in [0.1, 0.15) is 278 Å². The van der Waals surface area contributed by atoms with E-state index in [0.717, 1.165) is 83.5 Å². The Morgan fingerprint density at radius 3 is 1.29 bits per heavy atom. The second kappa shape index (κ2) is 50.8. The van der Waals surface area contributed by atoms with E-state index in [-0.39, 0.29) is 24.9 Å². The summed E-state index contributed by atoms with van der Waals surface area (Å²) in [7, 11) is 0. The van der Waals surface area contributed by atoms with E-state index in [9.17, 15) is 19.8 Å². The number of nitrogens with one attached hydrogen (secondary N) is 1. The monoisotopic (exact) mass is 884 g/mol. The predicted octanol–water partition coefficient (Wildman–Crippen LogP) is 16.6. The average Bonchev–Trinajstić information content (AvgIpc) is 3.28. The van der Waals surface area contributed by atoms with Crippen LogP contribution in [0.3, 0.4) is 0 Å². The molecule has 0 rings (SSSR count). The molecule has 0 aliphatic rings. The highest BCUT2D eigenvalue weighted by Gasteiger charge is 2.24. The minimum atomic E-state index is -0.792. The van der Waals surface area contributed by atoms with Crippen molar-refractivity contribution in [3.63, 3.8) is 0 Å². The van der Waals surface area contributed by atoms with Gasteiger partial charge in [-0.15, -0.1) is 0 Å². The Hall–Kier alpha value is -2.18. The number of carbonyl (C=O) groups excluding carboxylic acids is 2. The van der Waals surface area contributed by atoms with Gasteiger partial charge in [-0.2, -0.15) is 0 Å². The van der Waals surface area contributed by atoms with Gasteiger partial charge in [0.1, 0.15) is 6.10 Å². The van der Waals surface area contributed by atoms with Crippen molar-refractivity contribution in [2.75, 3.05) is 6.61 Å². The molecule has 0 radical (unpaired) electrons. The Bertz CT molecular complexity index is 1080.